The fourth-order valence-electron chi connectivity index (χ4n) is 10.3. The van der Waals surface area contributed by atoms with Crippen molar-refractivity contribution in [3.05, 3.63) is 194 Å². The highest BCUT2D eigenvalue weighted by Crippen LogP contribution is 2.53. The number of para-hydroxylation sites is 2. The summed E-state index contributed by atoms with van der Waals surface area (Å²) in [6, 6.07) is 70.5. The van der Waals surface area contributed by atoms with Gasteiger partial charge in [-0.25, -0.2) is 9.97 Å². The van der Waals surface area contributed by atoms with Gasteiger partial charge in [0.15, 0.2) is 0 Å². The van der Waals surface area contributed by atoms with E-state index in [1.54, 1.807) is 11.3 Å². The average molecular weight is 793 g/mol. The summed E-state index contributed by atoms with van der Waals surface area (Å²) in [6.45, 7) is 0. The maximum absolute atomic E-state index is 5.53. The van der Waals surface area contributed by atoms with Gasteiger partial charge in [-0.15, -0.1) is 11.3 Å². The second kappa shape index (κ2) is 12.3. The number of thiophene rings is 1. The molecule has 4 aromatic heterocycles. The molecule has 14 rings (SSSR count). The van der Waals surface area contributed by atoms with E-state index in [1.807, 2.05) is 0 Å². The van der Waals surface area contributed by atoms with Gasteiger partial charge < -0.3 is 4.57 Å². The highest BCUT2D eigenvalue weighted by atomic mass is 32.1. The van der Waals surface area contributed by atoms with Gasteiger partial charge in [0.2, 0.25) is 5.95 Å². The Bertz CT molecular complexity index is 3990. The third-order valence-electron chi connectivity index (χ3n) is 12.9. The Kier molecular flexibility index (Phi) is 6.68. The summed E-state index contributed by atoms with van der Waals surface area (Å²) in [6.07, 6.45) is 0. The Labute approximate surface area is 353 Å². The number of benzene rings is 9. The fraction of sp³-hybridized carbons (Fsp3) is 0. The normalized spacial score (nSPS) is 12.3. The van der Waals surface area contributed by atoms with Crippen LogP contribution in [0.25, 0.3) is 131 Å². The van der Waals surface area contributed by atoms with Crippen LogP contribution in [-0.4, -0.2) is 19.1 Å². The monoisotopic (exact) mass is 792 g/mol. The molecule has 0 amide bonds. The third-order valence-corrected chi connectivity index (χ3v) is 14.0. The van der Waals surface area contributed by atoms with Crippen molar-refractivity contribution in [2.45, 2.75) is 0 Å². The summed E-state index contributed by atoms with van der Waals surface area (Å²) < 4.78 is 7.04. The Morgan fingerprint density at radius 3 is 1.87 bits per heavy atom. The Morgan fingerprint density at radius 2 is 1.03 bits per heavy atom. The maximum Gasteiger partial charge on any atom is 0.235 e. The van der Waals surface area contributed by atoms with E-state index >= 15 is 0 Å². The van der Waals surface area contributed by atoms with Gasteiger partial charge in [-0.3, -0.25) is 4.57 Å². The zero-order valence-corrected chi connectivity index (χ0v) is 33.5. The molecule has 0 aliphatic heterocycles. The maximum atomic E-state index is 5.53. The zero-order valence-electron chi connectivity index (χ0n) is 32.7. The van der Waals surface area contributed by atoms with Crippen LogP contribution in [0.4, 0.5) is 0 Å². The molecule has 0 unspecified atom stereocenters. The molecule has 0 atom stereocenters. The van der Waals surface area contributed by atoms with Gasteiger partial charge in [0, 0.05) is 48.6 Å². The lowest BCUT2D eigenvalue weighted by Gasteiger charge is -2.12. The first-order valence-corrected chi connectivity index (χ1v) is 21.6. The van der Waals surface area contributed by atoms with E-state index in [-0.39, 0.29) is 0 Å². The van der Waals surface area contributed by atoms with Crippen LogP contribution in [0, 0.1) is 0 Å². The molecule has 0 spiro atoms. The van der Waals surface area contributed by atoms with E-state index in [9.17, 15) is 0 Å². The first-order chi connectivity index (χ1) is 30.3. The van der Waals surface area contributed by atoms with Crippen LogP contribution in [0.1, 0.15) is 0 Å². The summed E-state index contributed by atoms with van der Waals surface area (Å²) in [7, 11) is 0. The van der Waals surface area contributed by atoms with Crippen molar-refractivity contribution < 1.29 is 0 Å². The first kappa shape index (κ1) is 33.0. The van der Waals surface area contributed by atoms with Crippen LogP contribution in [0.15, 0.2) is 194 Å². The predicted octanol–water partition coefficient (Wildman–Crippen LogP) is 15.2. The second-order valence-electron chi connectivity index (χ2n) is 16.1. The van der Waals surface area contributed by atoms with Gasteiger partial charge in [0.1, 0.15) is 0 Å². The minimum atomic E-state index is 0.672. The molecule has 0 bridgehead atoms. The van der Waals surface area contributed by atoms with Crippen LogP contribution in [0.2, 0.25) is 0 Å². The van der Waals surface area contributed by atoms with Gasteiger partial charge >= 0.3 is 0 Å². The highest BCUT2D eigenvalue weighted by molar-refractivity contribution is 7.26. The van der Waals surface area contributed by atoms with Gasteiger partial charge in [-0.1, -0.05) is 146 Å². The van der Waals surface area contributed by atoms with E-state index in [0.717, 1.165) is 37.9 Å². The molecule has 4 nitrogen and oxygen atoms in total. The Hall–Kier alpha value is -7.86. The smallest absolute Gasteiger partial charge is 0.235 e. The molecule has 0 radical (unpaired) electrons. The van der Waals surface area contributed by atoms with E-state index in [0.29, 0.717) is 5.95 Å². The first-order valence-electron chi connectivity index (χ1n) is 20.7. The lowest BCUT2D eigenvalue weighted by Crippen LogP contribution is -2.02. The molecule has 1 aliphatic carbocycles. The molecule has 282 valence electrons. The summed E-state index contributed by atoms with van der Waals surface area (Å²) in [5, 5.41) is 9.73. The lowest BCUT2D eigenvalue weighted by atomic mass is 9.98. The van der Waals surface area contributed by atoms with Crippen LogP contribution in [0.5, 0.6) is 0 Å². The van der Waals surface area contributed by atoms with Crippen LogP contribution in [-0.2, 0) is 0 Å². The molecule has 0 saturated heterocycles. The summed E-state index contributed by atoms with van der Waals surface area (Å²) in [4.78, 5) is 11.0. The van der Waals surface area contributed by atoms with Gasteiger partial charge in [0.05, 0.1) is 38.2 Å². The summed E-state index contributed by atoms with van der Waals surface area (Å²) in [5.74, 6) is 0.672. The van der Waals surface area contributed by atoms with Crippen LogP contribution >= 0.6 is 11.3 Å². The summed E-state index contributed by atoms with van der Waals surface area (Å²) >= 11 is 1.77. The Morgan fingerprint density at radius 1 is 0.410 bits per heavy atom. The number of rotatable bonds is 4. The van der Waals surface area contributed by atoms with E-state index < -0.39 is 0 Å². The van der Waals surface area contributed by atoms with Gasteiger partial charge in [-0.05, 0) is 86.8 Å². The number of hydrogen-bond acceptors (Lipinski definition) is 3. The van der Waals surface area contributed by atoms with Crippen LogP contribution in [0.3, 0.4) is 0 Å². The number of fused-ring (bicyclic) bond motifs is 12. The SMILES string of the molecule is c1ccc(-n2c3c(c4cc(-c5ccc6c(c5)c5ccccc5n6-c5nc(-c6cccc7ccccc67)c6sc7ccccc7c6n5)ccc42)-c2cccc4cccc-3c24)cc1. The highest BCUT2D eigenvalue weighted by Gasteiger charge is 2.30. The molecular weight excluding hydrogens is 761 g/mol. The number of hydrogen-bond donors (Lipinski definition) is 0. The molecule has 0 N–H and O–H groups in total. The van der Waals surface area contributed by atoms with E-state index in [4.69, 9.17) is 9.97 Å². The van der Waals surface area contributed by atoms with E-state index in [2.05, 4.69) is 203 Å². The van der Waals surface area contributed by atoms with Gasteiger partial charge in [0.25, 0.3) is 0 Å². The van der Waals surface area contributed by atoms with Crippen molar-refractivity contribution in [2.75, 3.05) is 0 Å². The molecule has 4 heterocycles. The molecular formula is C56H32N4S. The minimum absolute atomic E-state index is 0.672. The zero-order chi connectivity index (χ0) is 39.8. The topological polar surface area (TPSA) is 35.6 Å². The third kappa shape index (κ3) is 4.58. The number of nitrogens with zero attached hydrogens (tertiary/aromatic N) is 4. The van der Waals surface area contributed by atoms with Crippen molar-refractivity contribution in [3.8, 4) is 56.4 Å². The minimum Gasteiger partial charge on any atom is -0.309 e. The number of aromatic nitrogens is 4. The van der Waals surface area contributed by atoms with Crippen molar-refractivity contribution >= 4 is 85.9 Å². The molecule has 1 aliphatic rings. The van der Waals surface area contributed by atoms with Crippen molar-refractivity contribution in [3.63, 3.8) is 0 Å². The lowest BCUT2D eigenvalue weighted by molar-refractivity contribution is 1.02. The van der Waals surface area contributed by atoms with Crippen molar-refractivity contribution in [1.82, 2.24) is 19.1 Å². The molecule has 13 aromatic rings. The van der Waals surface area contributed by atoms with Crippen molar-refractivity contribution in [2.24, 2.45) is 0 Å². The molecule has 5 heteroatoms. The molecule has 0 saturated carbocycles. The van der Waals surface area contributed by atoms with Crippen molar-refractivity contribution in [1.29, 1.82) is 0 Å². The standard InChI is InChI=1S/C56H32N4S/c1-2-17-37(18-3-1)59-48-30-28-36(32-45(48)51-42-23-11-15-34-16-12-24-43(50(34)42)54(51)59)35-27-29-47-44(31-35)39-20-6-8-25-46(39)60(47)56-57-52(40-22-10-14-33-13-4-5-19-38(33)40)55-53(58-56)41-21-7-9-26-49(41)61-55/h1-32H. The average Bonchev–Trinajstić information content (AvgIpc) is 4.06. The second-order valence-corrected chi connectivity index (χ2v) is 17.1. The Balaban J connectivity index is 1.000. The van der Waals surface area contributed by atoms with Gasteiger partial charge in [-0.2, -0.15) is 0 Å². The molecule has 9 aromatic carbocycles. The largest absolute Gasteiger partial charge is 0.309 e. The quantitative estimate of drug-likeness (QED) is 0.178. The summed E-state index contributed by atoms with van der Waals surface area (Å²) in [5.41, 5.74) is 15.1. The molecule has 61 heavy (non-hydrogen) atoms. The van der Waals surface area contributed by atoms with E-state index in [1.165, 1.54) is 87.1 Å². The molecule has 0 fully saturated rings. The van der Waals surface area contributed by atoms with Crippen LogP contribution < -0.4 is 0 Å². The fourth-order valence-corrected chi connectivity index (χ4v) is 11.4. The predicted molar refractivity (Wildman–Crippen MR) is 256 cm³/mol.